The number of benzene rings is 2. The first-order valence-electron chi connectivity index (χ1n) is 14.8. The number of aromatic amines is 1. The SMILES string of the molecule is CC(C)C1CN(C(=O)/C=C/c2cc(F)c(F)c(F)c2)CCC1C(NC1CCC(c2c[nH]c3ccccc23)CC1)C(=O)O. The number of nitrogens with zero attached hydrogens (tertiary/aromatic N) is 1. The summed E-state index contributed by atoms with van der Waals surface area (Å²) in [7, 11) is 0. The fraction of sp³-hybridized carbons (Fsp3) is 0.455. The lowest BCUT2D eigenvalue weighted by Gasteiger charge is -2.44. The average molecular weight is 582 g/mol. The van der Waals surface area contributed by atoms with Crippen LogP contribution in [-0.2, 0) is 9.59 Å². The normalized spacial score (nSPS) is 24.0. The van der Waals surface area contributed by atoms with Gasteiger partial charge in [0.05, 0.1) is 0 Å². The summed E-state index contributed by atoms with van der Waals surface area (Å²) >= 11 is 0. The van der Waals surface area contributed by atoms with Gasteiger partial charge in [0.25, 0.3) is 0 Å². The van der Waals surface area contributed by atoms with Gasteiger partial charge in [-0.25, -0.2) is 13.2 Å². The lowest BCUT2D eigenvalue weighted by molar-refractivity contribution is -0.143. The van der Waals surface area contributed by atoms with Crippen LogP contribution in [0.2, 0.25) is 0 Å². The molecular weight excluding hydrogens is 543 g/mol. The fourth-order valence-electron chi connectivity index (χ4n) is 6.90. The predicted molar refractivity (Wildman–Crippen MR) is 156 cm³/mol. The number of H-pyrrole nitrogens is 1. The number of fused-ring (bicyclic) bond motifs is 1. The van der Waals surface area contributed by atoms with Crippen molar-refractivity contribution in [3.8, 4) is 0 Å². The third-order valence-corrected chi connectivity index (χ3v) is 9.20. The number of carboxylic acid groups (broad SMARTS) is 1. The third kappa shape index (κ3) is 6.41. The molecule has 0 bridgehead atoms. The van der Waals surface area contributed by atoms with Crippen LogP contribution in [0.1, 0.15) is 63.0 Å². The molecule has 0 spiro atoms. The number of carbonyl (C=O) groups excluding carboxylic acids is 1. The second-order valence-corrected chi connectivity index (χ2v) is 12.1. The van der Waals surface area contributed by atoms with E-state index in [-0.39, 0.29) is 35.3 Å². The minimum atomic E-state index is -1.55. The molecule has 1 aliphatic carbocycles. The summed E-state index contributed by atoms with van der Waals surface area (Å²) in [5.74, 6) is -5.02. The number of hydrogen-bond donors (Lipinski definition) is 3. The Bertz CT molecular complexity index is 1440. The first kappa shape index (κ1) is 29.9. The van der Waals surface area contributed by atoms with E-state index >= 15 is 0 Å². The molecule has 1 aliphatic heterocycles. The van der Waals surface area contributed by atoms with Gasteiger partial charge in [-0.3, -0.25) is 9.59 Å². The summed E-state index contributed by atoms with van der Waals surface area (Å²) in [6.45, 7) is 4.84. The van der Waals surface area contributed by atoms with E-state index in [1.807, 2.05) is 19.9 Å². The van der Waals surface area contributed by atoms with Gasteiger partial charge in [-0.1, -0.05) is 32.0 Å². The number of aliphatic carboxylic acids is 1. The van der Waals surface area contributed by atoms with Crippen LogP contribution in [0.3, 0.4) is 0 Å². The highest BCUT2D eigenvalue weighted by Gasteiger charge is 2.41. The predicted octanol–water partition coefficient (Wildman–Crippen LogP) is 6.49. The van der Waals surface area contributed by atoms with Gasteiger partial charge in [-0.15, -0.1) is 0 Å². The number of hydrogen-bond acceptors (Lipinski definition) is 3. The maximum atomic E-state index is 13.6. The summed E-state index contributed by atoms with van der Waals surface area (Å²) in [6.07, 6.45) is 8.89. The highest BCUT2D eigenvalue weighted by Crippen LogP contribution is 2.38. The molecule has 2 fully saturated rings. The molecule has 9 heteroatoms. The van der Waals surface area contributed by atoms with Gasteiger partial charge >= 0.3 is 5.97 Å². The van der Waals surface area contributed by atoms with Crippen molar-refractivity contribution in [3.63, 3.8) is 0 Å². The van der Waals surface area contributed by atoms with Crippen molar-refractivity contribution in [2.75, 3.05) is 13.1 Å². The standard InChI is InChI=1S/C33H38F3N3O3/c1-19(2)26-18-39(30(40)12-7-20-15-27(34)31(36)28(35)16-20)14-13-24(26)32(33(41)42)38-22-10-8-21(9-11-22)25-17-37-29-6-4-3-5-23(25)29/h3-7,12,15-17,19,21-22,24,26,32,37-38H,8-11,13-14,18H2,1-2H3,(H,41,42)/b12-7+. The zero-order chi connectivity index (χ0) is 30.0. The Balaban J connectivity index is 1.21. The molecule has 6 nitrogen and oxygen atoms in total. The number of carboxylic acids is 1. The molecule has 3 aromatic rings. The Morgan fingerprint density at radius 2 is 1.71 bits per heavy atom. The largest absolute Gasteiger partial charge is 0.480 e. The van der Waals surface area contributed by atoms with E-state index < -0.39 is 29.5 Å². The second-order valence-electron chi connectivity index (χ2n) is 12.1. The van der Waals surface area contributed by atoms with E-state index in [1.54, 1.807) is 4.90 Å². The van der Waals surface area contributed by atoms with Crippen molar-refractivity contribution in [1.82, 2.24) is 15.2 Å². The molecule has 5 rings (SSSR count). The van der Waals surface area contributed by atoms with Crippen LogP contribution in [0.15, 0.2) is 48.7 Å². The van der Waals surface area contributed by atoms with Crippen LogP contribution in [0.4, 0.5) is 13.2 Å². The van der Waals surface area contributed by atoms with Gasteiger partial charge < -0.3 is 20.3 Å². The summed E-state index contributed by atoms with van der Waals surface area (Å²) in [4.78, 5) is 30.5. The number of carbonyl (C=O) groups is 2. The molecule has 2 aromatic carbocycles. The molecule has 1 saturated carbocycles. The molecule has 3 atom stereocenters. The zero-order valence-electron chi connectivity index (χ0n) is 24.0. The first-order valence-corrected chi connectivity index (χ1v) is 14.8. The number of nitrogens with one attached hydrogen (secondary N) is 2. The maximum Gasteiger partial charge on any atom is 0.321 e. The zero-order valence-corrected chi connectivity index (χ0v) is 24.0. The molecule has 3 N–H and O–H groups in total. The van der Waals surface area contributed by atoms with Crippen molar-refractivity contribution in [3.05, 3.63) is 77.2 Å². The molecule has 1 saturated heterocycles. The minimum absolute atomic E-state index is 0.0459. The van der Waals surface area contributed by atoms with E-state index in [0.29, 0.717) is 25.4 Å². The van der Waals surface area contributed by atoms with Crippen LogP contribution < -0.4 is 5.32 Å². The number of likely N-dealkylation sites (tertiary alicyclic amines) is 1. The van der Waals surface area contributed by atoms with Crippen molar-refractivity contribution in [2.24, 2.45) is 17.8 Å². The Kier molecular flexibility index (Phi) is 9.06. The van der Waals surface area contributed by atoms with E-state index in [2.05, 4.69) is 34.7 Å². The van der Waals surface area contributed by atoms with E-state index in [0.717, 1.165) is 43.3 Å². The summed E-state index contributed by atoms with van der Waals surface area (Å²) in [5.41, 5.74) is 2.51. The molecule has 224 valence electrons. The molecule has 42 heavy (non-hydrogen) atoms. The third-order valence-electron chi connectivity index (χ3n) is 9.20. The van der Waals surface area contributed by atoms with Gasteiger partial charge in [0, 0.05) is 42.3 Å². The van der Waals surface area contributed by atoms with Crippen molar-refractivity contribution >= 4 is 28.9 Å². The lowest BCUT2D eigenvalue weighted by Crippen LogP contribution is -2.56. The molecule has 3 unspecified atom stereocenters. The van der Waals surface area contributed by atoms with E-state index in [9.17, 15) is 27.9 Å². The summed E-state index contributed by atoms with van der Waals surface area (Å²) in [5, 5.41) is 15.0. The van der Waals surface area contributed by atoms with E-state index in [1.165, 1.54) is 23.1 Å². The summed E-state index contributed by atoms with van der Waals surface area (Å²) in [6, 6.07) is 9.37. The number of amides is 1. The lowest BCUT2D eigenvalue weighted by atomic mass is 9.73. The highest BCUT2D eigenvalue weighted by molar-refractivity contribution is 5.92. The van der Waals surface area contributed by atoms with Crippen LogP contribution in [0.25, 0.3) is 17.0 Å². The van der Waals surface area contributed by atoms with Crippen LogP contribution in [0, 0.1) is 35.2 Å². The first-order chi connectivity index (χ1) is 20.1. The maximum absolute atomic E-state index is 13.6. The molecule has 2 heterocycles. The van der Waals surface area contributed by atoms with Gasteiger partial charge in [0.1, 0.15) is 6.04 Å². The Hall–Kier alpha value is -3.59. The highest BCUT2D eigenvalue weighted by atomic mass is 19.2. The topological polar surface area (TPSA) is 85.4 Å². The van der Waals surface area contributed by atoms with Crippen molar-refractivity contribution in [2.45, 2.75) is 64.0 Å². The van der Waals surface area contributed by atoms with Gasteiger partial charge in [0.15, 0.2) is 17.5 Å². The Morgan fingerprint density at radius 1 is 1.02 bits per heavy atom. The molecular formula is C33H38F3N3O3. The second kappa shape index (κ2) is 12.7. The van der Waals surface area contributed by atoms with Crippen molar-refractivity contribution < 1.29 is 27.9 Å². The van der Waals surface area contributed by atoms with Crippen LogP contribution in [-0.4, -0.2) is 52.0 Å². The monoisotopic (exact) mass is 581 g/mol. The van der Waals surface area contributed by atoms with Gasteiger partial charge in [-0.2, -0.15) is 0 Å². The minimum Gasteiger partial charge on any atom is -0.480 e. The number of para-hydroxylation sites is 1. The smallest absolute Gasteiger partial charge is 0.321 e. The van der Waals surface area contributed by atoms with E-state index in [4.69, 9.17) is 0 Å². The Labute approximate surface area is 244 Å². The quantitative estimate of drug-likeness (QED) is 0.210. The number of rotatable bonds is 8. The van der Waals surface area contributed by atoms with Crippen molar-refractivity contribution in [1.29, 1.82) is 0 Å². The number of aromatic nitrogens is 1. The van der Waals surface area contributed by atoms with Crippen LogP contribution >= 0.6 is 0 Å². The Morgan fingerprint density at radius 3 is 2.38 bits per heavy atom. The molecule has 0 radical (unpaired) electrons. The van der Waals surface area contributed by atoms with Gasteiger partial charge in [0.2, 0.25) is 5.91 Å². The fourth-order valence-corrected chi connectivity index (χ4v) is 6.90. The number of piperidine rings is 1. The average Bonchev–Trinajstić information content (AvgIpc) is 3.41. The number of halogens is 3. The molecule has 2 aliphatic rings. The van der Waals surface area contributed by atoms with Crippen LogP contribution in [0.5, 0.6) is 0 Å². The summed E-state index contributed by atoms with van der Waals surface area (Å²) < 4.78 is 40.4. The molecule has 1 aromatic heterocycles. The van der Waals surface area contributed by atoms with Gasteiger partial charge in [-0.05, 0) is 91.2 Å². The molecule has 1 amide bonds.